The van der Waals surface area contributed by atoms with Crippen LogP contribution in [0.5, 0.6) is 0 Å². The molecule has 2 fully saturated rings. The third kappa shape index (κ3) is 2.62. The van der Waals surface area contributed by atoms with Gasteiger partial charge in [-0.1, -0.05) is 19.8 Å². The van der Waals surface area contributed by atoms with Crippen molar-refractivity contribution in [2.45, 2.75) is 38.1 Å². The molecule has 3 rings (SSSR count). The summed E-state index contributed by atoms with van der Waals surface area (Å²) in [4.78, 5) is 38.2. The maximum atomic E-state index is 12.9. The van der Waals surface area contributed by atoms with Gasteiger partial charge in [0, 0.05) is 5.56 Å². The number of carbonyl (C=O) groups excluding carboxylic acids is 3. The number of nitrogens with one attached hydrogen (secondary N) is 1. The van der Waals surface area contributed by atoms with Gasteiger partial charge in [0.25, 0.3) is 5.91 Å². The van der Waals surface area contributed by atoms with Gasteiger partial charge >= 0.3 is 6.03 Å². The van der Waals surface area contributed by atoms with Gasteiger partial charge in [-0.15, -0.1) is 0 Å². The van der Waals surface area contributed by atoms with Crippen LogP contribution in [-0.2, 0) is 4.79 Å². The zero-order valence-electron chi connectivity index (χ0n) is 13.0. The molecule has 1 aliphatic heterocycles. The normalized spacial score (nSPS) is 27.4. The first-order valence-corrected chi connectivity index (χ1v) is 7.87. The number of rotatable bonds is 3. The summed E-state index contributed by atoms with van der Waals surface area (Å²) < 4.78 is 12.9. The average Bonchev–Trinajstić information content (AvgIpc) is 2.76. The van der Waals surface area contributed by atoms with E-state index in [1.807, 2.05) is 6.92 Å². The van der Waals surface area contributed by atoms with Crippen molar-refractivity contribution in [2.75, 3.05) is 6.54 Å². The van der Waals surface area contributed by atoms with E-state index in [-0.39, 0.29) is 29.7 Å². The second-order valence-corrected chi connectivity index (χ2v) is 6.37. The molecule has 0 aromatic heterocycles. The van der Waals surface area contributed by atoms with Crippen LogP contribution in [0.2, 0.25) is 0 Å². The Morgan fingerprint density at radius 2 is 2.00 bits per heavy atom. The van der Waals surface area contributed by atoms with Crippen LogP contribution in [0.1, 0.15) is 43.0 Å². The van der Waals surface area contributed by atoms with Crippen LogP contribution < -0.4 is 5.32 Å². The quantitative estimate of drug-likeness (QED) is 0.688. The molecule has 1 aromatic rings. The molecule has 122 valence electrons. The summed E-state index contributed by atoms with van der Waals surface area (Å²) in [5, 5.41) is 2.81. The molecule has 2 unspecified atom stereocenters. The molecule has 2 atom stereocenters. The molecule has 0 radical (unpaired) electrons. The van der Waals surface area contributed by atoms with E-state index in [0.717, 1.165) is 24.2 Å². The van der Waals surface area contributed by atoms with Gasteiger partial charge in [0.15, 0.2) is 5.78 Å². The summed E-state index contributed by atoms with van der Waals surface area (Å²) >= 11 is 0. The van der Waals surface area contributed by atoms with Gasteiger partial charge in [-0.2, -0.15) is 0 Å². The third-order valence-electron chi connectivity index (χ3n) is 4.97. The monoisotopic (exact) mass is 318 g/mol. The summed E-state index contributed by atoms with van der Waals surface area (Å²) in [6.07, 6.45) is 3.42. The summed E-state index contributed by atoms with van der Waals surface area (Å²) in [6, 6.07) is 4.57. The minimum Gasteiger partial charge on any atom is -0.323 e. The molecular weight excluding hydrogens is 299 g/mol. The van der Waals surface area contributed by atoms with E-state index in [1.165, 1.54) is 24.3 Å². The lowest BCUT2D eigenvalue weighted by Gasteiger charge is -2.36. The Hall–Kier alpha value is -2.24. The number of amides is 3. The van der Waals surface area contributed by atoms with E-state index in [9.17, 15) is 18.8 Å². The van der Waals surface area contributed by atoms with Crippen LogP contribution in [0, 0.1) is 11.7 Å². The molecule has 0 bridgehead atoms. The first-order valence-electron chi connectivity index (χ1n) is 7.87. The summed E-state index contributed by atoms with van der Waals surface area (Å²) in [6.45, 7) is 1.65. The van der Waals surface area contributed by atoms with Crippen LogP contribution in [0.3, 0.4) is 0 Å². The number of nitrogens with zero attached hydrogens (tertiary/aromatic N) is 1. The number of hydrogen-bond acceptors (Lipinski definition) is 3. The Morgan fingerprint density at radius 3 is 2.65 bits per heavy atom. The first-order chi connectivity index (χ1) is 10.9. The second kappa shape index (κ2) is 5.76. The maximum absolute atomic E-state index is 12.9. The molecule has 1 saturated heterocycles. The van der Waals surface area contributed by atoms with Crippen molar-refractivity contribution in [2.24, 2.45) is 5.92 Å². The molecule has 1 spiro atoms. The van der Waals surface area contributed by atoms with Gasteiger partial charge in [-0.3, -0.25) is 14.5 Å². The number of hydrogen-bond donors (Lipinski definition) is 1. The van der Waals surface area contributed by atoms with E-state index in [4.69, 9.17) is 0 Å². The minimum atomic E-state index is -0.863. The van der Waals surface area contributed by atoms with Crippen LogP contribution in [0.15, 0.2) is 24.3 Å². The largest absolute Gasteiger partial charge is 0.325 e. The SMILES string of the molecule is CC1CCCCC12NC(=O)N(CC(=O)c1ccc(F)cc1)C2=O. The Bertz CT molecular complexity index is 658. The highest BCUT2D eigenvalue weighted by Gasteiger charge is 2.55. The molecular formula is C17H19FN2O3. The average molecular weight is 318 g/mol. The Morgan fingerprint density at radius 1 is 1.30 bits per heavy atom. The lowest BCUT2D eigenvalue weighted by atomic mass is 9.73. The molecule has 1 aliphatic carbocycles. The predicted octanol–water partition coefficient (Wildman–Crippen LogP) is 2.51. The molecule has 3 amide bonds. The van der Waals surface area contributed by atoms with Crippen molar-refractivity contribution in [1.29, 1.82) is 0 Å². The van der Waals surface area contributed by atoms with Crippen molar-refractivity contribution in [3.8, 4) is 0 Å². The Labute approximate surface area is 133 Å². The van der Waals surface area contributed by atoms with Crippen molar-refractivity contribution >= 4 is 17.7 Å². The number of benzene rings is 1. The standard InChI is InChI=1S/C17H19FN2O3/c1-11-4-2-3-9-17(11)15(22)20(16(23)19-17)10-14(21)12-5-7-13(18)8-6-12/h5-8,11H,2-4,9-10H2,1H3,(H,19,23). The fraction of sp³-hybridized carbons (Fsp3) is 0.471. The van der Waals surface area contributed by atoms with Gasteiger partial charge in [-0.05, 0) is 43.0 Å². The van der Waals surface area contributed by atoms with Crippen LogP contribution in [-0.4, -0.2) is 34.7 Å². The smallest absolute Gasteiger partial charge is 0.323 e. The van der Waals surface area contributed by atoms with Crippen LogP contribution >= 0.6 is 0 Å². The van der Waals surface area contributed by atoms with Gasteiger partial charge < -0.3 is 5.32 Å². The molecule has 1 heterocycles. The summed E-state index contributed by atoms with van der Waals surface area (Å²) in [7, 11) is 0. The molecule has 1 aromatic carbocycles. The topological polar surface area (TPSA) is 66.5 Å². The summed E-state index contributed by atoms with van der Waals surface area (Å²) in [5.41, 5.74) is -0.581. The fourth-order valence-electron chi connectivity index (χ4n) is 3.51. The highest BCUT2D eigenvalue weighted by molar-refractivity contribution is 6.11. The van der Waals surface area contributed by atoms with Crippen molar-refractivity contribution in [3.63, 3.8) is 0 Å². The zero-order valence-corrected chi connectivity index (χ0v) is 13.0. The van der Waals surface area contributed by atoms with Crippen molar-refractivity contribution in [3.05, 3.63) is 35.6 Å². The van der Waals surface area contributed by atoms with Crippen LogP contribution in [0.25, 0.3) is 0 Å². The van der Waals surface area contributed by atoms with E-state index >= 15 is 0 Å². The zero-order chi connectivity index (χ0) is 16.6. The number of ketones is 1. The van der Waals surface area contributed by atoms with Gasteiger partial charge in [0.05, 0.1) is 6.54 Å². The number of halogens is 1. The molecule has 5 nitrogen and oxygen atoms in total. The molecule has 6 heteroatoms. The minimum absolute atomic E-state index is 0.0543. The lowest BCUT2D eigenvalue weighted by Crippen LogP contribution is -2.54. The van der Waals surface area contributed by atoms with Crippen molar-refractivity contribution < 1.29 is 18.8 Å². The van der Waals surface area contributed by atoms with E-state index < -0.39 is 17.4 Å². The lowest BCUT2D eigenvalue weighted by molar-refractivity contribution is -0.133. The van der Waals surface area contributed by atoms with E-state index in [1.54, 1.807) is 0 Å². The van der Waals surface area contributed by atoms with Gasteiger partial charge in [0.1, 0.15) is 11.4 Å². The highest BCUT2D eigenvalue weighted by atomic mass is 19.1. The van der Waals surface area contributed by atoms with E-state index in [2.05, 4.69) is 5.32 Å². The van der Waals surface area contributed by atoms with Gasteiger partial charge in [-0.25, -0.2) is 9.18 Å². The molecule has 2 aliphatic rings. The number of Topliss-reactive ketones (excluding diaryl/α,β-unsaturated/α-hetero) is 1. The van der Waals surface area contributed by atoms with Crippen LogP contribution in [0.4, 0.5) is 9.18 Å². The van der Waals surface area contributed by atoms with Gasteiger partial charge in [0.2, 0.25) is 0 Å². The van der Waals surface area contributed by atoms with E-state index in [0.29, 0.717) is 6.42 Å². The number of carbonyl (C=O) groups is 3. The first kappa shape index (κ1) is 15.6. The molecule has 1 N–H and O–H groups in total. The predicted molar refractivity (Wildman–Crippen MR) is 81.3 cm³/mol. The third-order valence-corrected chi connectivity index (χ3v) is 4.97. The number of imide groups is 1. The maximum Gasteiger partial charge on any atom is 0.325 e. The Balaban J connectivity index is 1.78. The second-order valence-electron chi connectivity index (χ2n) is 6.37. The molecule has 23 heavy (non-hydrogen) atoms. The summed E-state index contributed by atoms with van der Waals surface area (Å²) in [5.74, 6) is -1.08. The fourth-order valence-corrected chi connectivity index (χ4v) is 3.51. The highest BCUT2D eigenvalue weighted by Crippen LogP contribution is 2.38. The molecule has 1 saturated carbocycles. The number of urea groups is 1. The Kier molecular flexibility index (Phi) is 3.92. The van der Waals surface area contributed by atoms with Crippen molar-refractivity contribution in [1.82, 2.24) is 10.2 Å².